The number of carbonyl (C=O) groups is 1. The normalized spacial score (nSPS) is 14.4. The van der Waals surface area contributed by atoms with Gasteiger partial charge >= 0.3 is 5.97 Å². The first-order valence-electron chi connectivity index (χ1n) is 11.2. The molecule has 1 atom stereocenters. The predicted molar refractivity (Wildman–Crippen MR) is 144 cm³/mol. The number of allylic oxidation sites excluding steroid dienone is 1. The van der Waals surface area contributed by atoms with E-state index in [1.54, 1.807) is 30.3 Å². The SMILES string of the molecule is CCCCOc1c(Cl)cc(C(=O)Oc2ccc3c(c2)OC(N)=C(C#N)C3c2ccc(Cl)cc2Cl)cc1Cl. The Morgan fingerprint density at radius 1 is 1.03 bits per heavy atom. The second kappa shape index (κ2) is 11.5. The van der Waals surface area contributed by atoms with Gasteiger partial charge < -0.3 is 19.9 Å². The molecule has 0 aromatic heterocycles. The van der Waals surface area contributed by atoms with Gasteiger partial charge in [0.15, 0.2) is 5.75 Å². The third kappa shape index (κ3) is 5.76. The monoisotopic (exact) mass is 576 g/mol. The number of rotatable bonds is 7. The van der Waals surface area contributed by atoms with Crippen LogP contribution in [0.4, 0.5) is 0 Å². The summed E-state index contributed by atoms with van der Waals surface area (Å²) in [6, 6.07) is 14.7. The first-order chi connectivity index (χ1) is 17.7. The highest BCUT2D eigenvalue weighted by Crippen LogP contribution is 2.45. The molecule has 4 rings (SSSR count). The smallest absolute Gasteiger partial charge is 0.343 e. The molecule has 0 saturated carbocycles. The molecule has 0 spiro atoms. The lowest BCUT2D eigenvalue weighted by atomic mass is 9.83. The molecular formula is C27H20Cl4N2O4. The molecule has 3 aromatic rings. The van der Waals surface area contributed by atoms with E-state index in [2.05, 4.69) is 6.07 Å². The maximum Gasteiger partial charge on any atom is 0.343 e. The third-order valence-corrected chi connectivity index (χ3v) is 6.78. The Morgan fingerprint density at radius 2 is 1.73 bits per heavy atom. The van der Waals surface area contributed by atoms with E-state index in [1.165, 1.54) is 18.2 Å². The minimum absolute atomic E-state index is 0.0771. The quantitative estimate of drug-likeness (QED) is 0.174. The van der Waals surface area contributed by atoms with Gasteiger partial charge in [-0.1, -0.05) is 71.9 Å². The van der Waals surface area contributed by atoms with Crippen LogP contribution in [0.25, 0.3) is 0 Å². The van der Waals surface area contributed by atoms with Crippen LogP contribution in [0.15, 0.2) is 60.0 Å². The number of hydrogen-bond donors (Lipinski definition) is 1. The van der Waals surface area contributed by atoms with E-state index in [-0.39, 0.29) is 32.8 Å². The van der Waals surface area contributed by atoms with Crippen LogP contribution >= 0.6 is 46.4 Å². The number of ether oxygens (including phenoxy) is 3. The molecule has 0 radical (unpaired) electrons. The number of esters is 1. The van der Waals surface area contributed by atoms with Crippen LogP contribution in [0.2, 0.25) is 20.1 Å². The number of benzene rings is 3. The molecular weight excluding hydrogens is 558 g/mol. The Kier molecular flexibility index (Phi) is 8.41. The number of hydrogen-bond acceptors (Lipinski definition) is 6. The second-order valence-corrected chi connectivity index (χ2v) is 9.81. The van der Waals surface area contributed by atoms with Crippen molar-refractivity contribution in [2.45, 2.75) is 25.7 Å². The average molecular weight is 578 g/mol. The lowest BCUT2D eigenvalue weighted by molar-refractivity contribution is 0.0734. The van der Waals surface area contributed by atoms with Crippen molar-refractivity contribution in [1.29, 1.82) is 5.26 Å². The largest absolute Gasteiger partial charge is 0.490 e. The van der Waals surface area contributed by atoms with Crippen LogP contribution in [0.1, 0.15) is 47.2 Å². The Hall–Kier alpha value is -3.08. The Morgan fingerprint density at radius 3 is 2.38 bits per heavy atom. The van der Waals surface area contributed by atoms with Gasteiger partial charge in [-0.25, -0.2) is 4.79 Å². The molecule has 2 N–H and O–H groups in total. The van der Waals surface area contributed by atoms with Crippen LogP contribution in [-0.2, 0) is 0 Å². The van der Waals surface area contributed by atoms with E-state index in [4.69, 9.17) is 66.3 Å². The van der Waals surface area contributed by atoms with Gasteiger partial charge in [0.25, 0.3) is 0 Å². The van der Waals surface area contributed by atoms with Crippen LogP contribution in [0.5, 0.6) is 17.2 Å². The minimum atomic E-state index is -0.682. The zero-order valence-corrected chi connectivity index (χ0v) is 22.5. The lowest BCUT2D eigenvalue weighted by Crippen LogP contribution is -2.21. The summed E-state index contributed by atoms with van der Waals surface area (Å²) in [6.45, 7) is 2.50. The van der Waals surface area contributed by atoms with E-state index in [0.717, 1.165) is 12.8 Å². The van der Waals surface area contributed by atoms with Gasteiger partial charge in [-0.05, 0) is 42.3 Å². The summed E-state index contributed by atoms with van der Waals surface area (Å²) in [5.41, 5.74) is 7.66. The Bertz CT molecular complexity index is 1430. The molecule has 3 aromatic carbocycles. The summed E-state index contributed by atoms with van der Waals surface area (Å²) >= 11 is 25.1. The van der Waals surface area contributed by atoms with Crippen molar-refractivity contribution in [2.24, 2.45) is 5.73 Å². The molecule has 0 aliphatic carbocycles. The van der Waals surface area contributed by atoms with Crippen molar-refractivity contribution in [3.63, 3.8) is 0 Å². The van der Waals surface area contributed by atoms with E-state index < -0.39 is 11.9 Å². The molecule has 0 amide bonds. The molecule has 37 heavy (non-hydrogen) atoms. The van der Waals surface area contributed by atoms with E-state index in [1.807, 2.05) is 6.92 Å². The topological polar surface area (TPSA) is 94.6 Å². The molecule has 1 aliphatic rings. The van der Waals surface area contributed by atoms with Gasteiger partial charge in [0, 0.05) is 21.7 Å². The van der Waals surface area contributed by atoms with Crippen LogP contribution in [0, 0.1) is 11.3 Å². The predicted octanol–water partition coefficient (Wildman–Crippen LogP) is 7.92. The summed E-state index contributed by atoms with van der Waals surface area (Å²) in [4.78, 5) is 12.9. The van der Waals surface area contributed by atoms with E-state index in [0.29, 0.717) is 39.3 Å². The highest BCUT2D eigenvalue weighted by molar-refractivity contribution is 6.37. The number of carbonyl (C=O) groups excluding carboxylic acids is 1. The fourth-order valence-electron chi connectivity index (χ4n) is 3.85. The fraction of sp³-hybridized carbons (Fsp3) is 0.185. The van der Waals surface area contributed by atoms with Crippen molar-refractivity contribution in [1.82, 2.24) is 0 Å². The van der Waals surface area contributed by atoms with Crippen molar-refractivity contribution >= 4 is 52.4 Å². The molecule has 1 aliphatic heterocycles. The highest BCUT2D eigenvalue weighted by atomic mass is 35.5. The van der Waals surface area contributed by atoms with Gasteiger partial charge in [0.1, 0.15) is 23.1 Å². The summed E-state index contributed by atoms with van der Waals surface area (Å²) in [5.74, 6) is -0.536. The minimum Gasteiger partial charge on any atom is -0.490 e. The van der Waals surface area contributed by atoms with E-state index >= 15 is 0 Å². The summed E-state index contributed by atoms with van der Waals surface area (Å²) < 4.78 is 16.9. The molecule has 10 heteroatoms. The molecule has 0 fully saturated rings. The average Bonchev–Trinajstić information content (AvgIpc) is 2.85. The number of nitrogens with two attached hydrogens (primary N) is 1. The summed E-state index contributed by atoms with van der Waals surface area (Å²) in [6.07, 6.45) is 1.80. The van der Waals surface area contributed by atoms with Crippen molar-refractivity contribution in [3.05, 3.63) is 96.8 Å². The van der Waals surface area contributed by atoms with Crippen molar-refractivity contribution in [3.8, 4) is 23.3 Å². The lowest BCUT2D eigenvalue weighted by Gasteiger charge is -2.27. The van der Waals surface area contributed by atoms with Crippen LogP contribution < -0.4 is 19.9 Å². The number of unbranched alkanes of at least 4 members (excludes halogenated alkanes) is 1. The van der Waals surface area contributed by atoms with Gasteiger partial charge in [-0.2, -0.15) is 5.26 Å². The Labute approximate surface area is 234 Å². The van der Waals surface area contributed by atoms with E-state index in [9.17, 15) is 10.1 Å². The number of nitrogens with zero attached hydrogens (tertiary/aromatic N) is 1. The Balaban J connectivity index is 1.62. The summed E-state index contributed by atoms with van der Waals surface area (Å²) in [5, 5.41) is 11.0. The highest BCUT2D eigenvalue weighted by Gasteiger charge is 2.32. The maximum absolute atomic E-state index is 12.9. The summed E-state index contributed by atoms with van der Waals surface area (Å²) in [7, 11) is 0. The first-order valence-corrected chi connectivity index (χ1v) is 12.7. The van der Waals surface area contributed by atoms with Crippen LogP contribution in [-0.4, -0.2) is 12.6 Å². The first kappa shape index (κ1) is 27.0. The van der Waals surface area contributed by atoms with Crippen LogP contribution in [0.3, 0.4) is 0 Å². The zero-order valence-electron chi connectivity index (χ0n) is 19.5. The zero-order chi connectivity index (χ0) is 26.7. The van der Waals surface area contributed by atoms with Crippen molar-refractivity contribution in [2.75, 3.05) is 6.61 Å². The standard InChI is InChI=1S/C27H20Cl4N2O4/c1-2-3-8-35-25-21(30)9-14(10-22(25)31)27(34)36-16-5-7-18-23(12-16)37-26(33)19(13-32)24(18)17-6-4-15(28)11-20(17)29/h4-7,9-12,24H,2-3,8,33H2,1H3. The molecule has 190 valence electrons. The number of nitriles is 1. The maximum atomic E-state index is 12.9. The molecule has 1 heterocycles. The molecule has 0 saturated heterocycles. The molecule has 0 bridgehead atoms. The second-order valence-electron chi connectivity index (χ2n) is 8.15. The van der Waals surface area contributed by atoms with Gasteiger partial charge in [0.05, 0.1) is 28.1 Å². The third-order valence-electron chi connectivity index (χ3n) is 5.65. The fourth-order valence-corrected chi connectivity index (χ4v) is 4.97. The number of fused-ring (bicyclic) bond motifs is 1. The van der Waals surface area contributed by atoms with Gasteiger partial charge in [0.2, 0.25) is 5.88 Å². The molecule has 1 unspecified atom stereocenters. The van der Waals surface area contributed by atoms with Gasteiger partial charge in [-0.15, -0.1) is 0 Å². The van der Waals surface area contributed by atoms with Crippen molar-refractivity contribution < 1.29 is 19.0 Å². The van der Waals surface area contributed by atoms with Gasteiger partial charge in [-0.3, -0.25) is 0 Å². The number of halogens is 4. The molecule has 6 nitrogen and oxygen atoms in total.